The zero-order valence-electron chi connectivity index (χ0n) is 6.66. The smallest absolute Gasteiger partial charge is 0.123 e. The Bertz CT molecular complexity index is 305. The molecule has 0 radical (unpaired) electrons. The molecule has 0 fully saturated rings. The van der Waals surface area contributed by atoms with Gasteiger partial charge in [-0.3, -0.25) is 0 Å². The Hall–Kier alpha value is -1.15. The molecular weight excluding hydrogens is 168 g/mol. The Labute approximate surface area is 77.4 Å². The molecule has 62 valence electrons. The van der Waals surface area contributed by atoms with Crippen molar-refractivity contribution >= 4 is 17.6 Å². The van der Waals surface area contributed by atoms with Crippen LogP contribution >= 0.6 is 12.2 Å². The van der Waals surface area contributed by atoms with Crippen LogP contribution in [0, 0.1) is 0 Å². The summed E-state index contributed by atoms with van der Waals surface area (Å²) in [5, 5.41) is 10.9. The molecule has 0 aliphatic rings. The minimum Gasteiger partial charge on any atom is -0.507 e. The monoisotopic (exact) mass is 178 g/mol. The first-order valence-electron chi connectivity index (χ1n) is 3.66. The molecule has 0 unspecified atom stereocenters. The maximum absolute atomic E-state index is 9.39. The minimum absolute atomic E-state index is 0.240. The van der Waals surface area contributed by atoms with E-state index in [4.69, 9.17) is 12.2 Å². The van der Waals surface area contributed by atoms with E-state index >= 15 is 0 Å². The summed E-state index contributed by atoms with van der Waals surface area (Å²) in [5.74, 6) is 0.240. The molecule has 1 nitrogen and oxygen atoms in total. The Morgan fingerprint density at radius 3 is 2.83 bits per heavy atom. The fourth-order valence-corrected chi connectivity index (χ4v) is 1.34. The van der Waals surface area contributed by atoms with Crippen LogP contribution in [0.3, 0.4) is 0 Å². The number of allylic oxidation sites excluding steroid dienone is 1. The van der Waals surface area contributed by atoms with E-state index in [0.29, 0.717) is 0 Å². The summed E-state index contributed by atoms with van der Waals surface area (Å²) >= 11 is 4.79. The fraction of sp³-hybridized carbons (Fsp3) is 0.100. The minimum atomic E-state index is 0.240. The summed E-state index contributed by atoms with van der Waals surface area (Å²) in [5.41, 5.74) is 1.74. The maximum atomic E-state index is 9.39. The topological polar surface area (TPSA) is 20.2 Å². The quantitative estimate of drug-likeness (QED) is 0.566. The standard InChI is InChI=1S/C10H10OS/c1-2-4-8-5-3-6-10(11)9(8)7-12/h2-3,5-7,11H,1,4H2. The van der Waals surface area contributed by atoms with E-state index in [-0.39, 0.29) is 5.75 Å². The van der Waals surface area contributed by atoms with E-state index in [2.05, 4.69) is 6.58 Å². The molecule has 1 N–H and O–H groups in total. The lowest BCUT2D eigenvalue weighted by molar-refractivity contribution is 0.474. The number of rotatable bonds is 3. The van der Waals surface area contributed by atoms with Gasteiger partial charge in [-0.15, -0.1) is 6.58 Å². The predicted octanol–water partition coefficient (Wildman–Crippen LogP) is 2.47. The van der Waals surface area contributed by atoms with Gasteiger partial charge in [-0.25, -0.2) is 0 Å². The van der Waals surface area contributed by atoms with Crippen molar-refractivity contribution in [2.45, 2.75) is 6.42 Å². The molecule has 1 aromatic carbocycles. The summed E-state index contributed by atoms with van der Waals surface area (Å²) in [4.78, 5) is 0. The van der Waals surface area contributed by atoms with Crippen LogP contribution in [0.2, 0.25) is 0 Å². The van der Waals surface area contributed by atoms with Gasteiger partial charge in [-0.05, 0) is 18.1 Å². The molecule has 1 aromatic rings. The van der Waals surface area contributed by atoms with E-state index < -0.39 is 0 Å². The second kappa shape index (κ2) is 4.02. The van der Waals surface area contributed by atoms with Crippen LogP contribution in [0.5, 0.6) is 5.75 Å². The van der Waals surface area contributed by atoms with E-state index in [9.17, 15) is 5.11 Å². The highest BCUT2D eigenvalue weighted by Crippen LogP contribution is 2.19. The van der Waals surface area contributed by atoms with Crippen molar-refractivity contribution in [1.29, 1.82) is 0 Å². The largest absolute Gasteiger partial charge is 0.507 e. The summed E-state index contributed by atoms with van der Waals surface area (Å²) in [6, 6.07) is 5.36. The lowest BCUT2D eigenvalue weighted by Crippen LogP contribution is -1.90. The summed E-state index contributed by atoms with van der Waals surface area (Å²) in [6.07, 6.45) is 2.52. The van der Waals surface area contributed by atoms with Gasteiger partial charge in [0.05, 0.1) is 0 Å². The van der Waals surface area contributed by atoms with Crippen molar-refractivity contribution in [2.24, 2.45) is 0 Å². The lowest BCUT2D eigenvalue weighted by Gasteiger charge is -2.03. The summed E-state index contributed by atoms with van der Waals surface area (Å²) < 4.78 is 0. The van der Waals surface area contributed by atoms with Gasteiger partial charge in [0, 0.05) is 10.9 Å². The van der Waals surface area contributed by atoms with Gasteiger partial charge in [-0.1, -0.05) is 30.4 Å². The molecule has 0 amide bonds. The molecule has 0 heterocycles. The molecule has 2 heteroatoms. The first-order chi connectivity index (χ1) is 5.79. The van der Waals surface area contributed by atoms with Crippen LogP contribution in [-0.2, 0) is 6.42 Å². The number of hydrogen-bond donors (Lipinski definition) is 1. The molecular formula is C10H10OS. The number of benzene rings is 1. The van der Waals surface area contributed by atoms with E-state index in [1.165, 1.54) is 5.37 Å². The SMILES string of the molecule is C=CCc1cccc(O)c1C=S. The fourth-order valence-electron chi connectivity index (χ4n) is 1.07. The molecule has 0 atom stereocenters. The Morgan fingerprint density at radius 1 is 1.50 bits per heavy atom. The predicted molar refractivity (Wildman–Crippen MR) is 54.8 cm³/mol. The maximum Gasteiger partial charge on any atom is 0.123 e. The zero-order chi connectivity index (χ0) is 8.97. The average Bonchev–Trinajstić information content (AvgIpc) is 2.05. The third kappa shape index (κ3) is 1.71. The highest BCUT2D eigenvalue weighted by Gasteiger charge is 2.01. The summed E-state index contributed by atoms with van der Waals surface area (Å²) in [7, 11) is 0. The second-order valence-electron chi connectivity index (χ2n) is 2.46. The Kier molecular flexibility index (Phi) is 3.00. The number of phenols is 1. The number of thiocarbonyl (C=S) groups is 1. The van der Waals surface area contributed by atoms with Crippen LogP contribution in [0.15, 0.2) is 30.9 Å². The van der Waals surface area contributed by atoms with Crippen LogP contribution in [0.4, 0.5) is 0 Å². The van der Waals surface area contributed by atoms with Crippen LogP contribution in [0.25, 0.3) is 0 Å². The van der Waals surface area contributed by atoms with Gasteiger partial charge in [0.15, 0.2) is 0 Å². The third-order valence-electron chi connectivity index (χ3n) is 1.66. The van der Waals surface area contributed by atoms with Crippen LogP contribution < -0.4 is 0 Å². The normalized spacial score (nSPS) is 9.33. The Morgan fingerprint density at radius 2 is 2.25 bits per heavy atom. The van der Waals surface area contributed by atoms with E-state index in [0.717, 1.165) is 17.5 Å². The average molecular weight is 178 g/mol. The van der Waals surface area contributed by atoms with Crippen LogP contribution in [0.1, 0.15) is 11.1 Å². The highest BCUT2D eigenvalue weighted by atomic mass is 32.1. The number of hydrogen-bond acceptors (Lipinski definition) is 2. The zero-order valence-corrected chi connectivity index (χ0v) is 7.47. The van der Waals surface area contributed by atoms with Gasteiger partial charge in [0.25, 0.3) is 0 Å². The molecule has 0 aromatic heterocycles. The first-order valence-corrected chi connectivity index (χ1v) is 4.13. The molecule has 0 bridgehead atoms. The molecule has 12 heavy (non-hydrogen) atoms. The van der Waals surface area contributed by atoms with Gasteiger partial charge in [-0.2, -0.15) is 0 Å². The van der Waals surface area contributed by atoms with Crippen molar-refractivity contribution in [3.63, 3.8) is 0 Å². The lowest BCUT2D eigenvalue weighted by atomic mass is 10.1. The van der Waals surface area contributed by atoms with Gasteiger partial charge < -0.3 is 5.11 Å². The molecule has 1 rings (SSSR count). The first kappa shape index (κ1) is 8.94. The number of phenolic OH excluding ortho intramolecular Hbond substituents is 1. The molecule has 0 aliphatic heterocycles. The van der Waals surface area contributed by atoms with Crippen LogP contribution in [-0.4, -0.2) is 10.5 Å². The molecule has 0 spiro atoms. The molecule has 0 aliphatic carbocycles. The van der Waals surface area contributed by atoms with Crippen molar-refractivity contribution < 1.29 is 5.11 Å². The van der Waals surface area contributed by atoms with Crippen molar-refractivity contribution in [3.05, 3.63) is 42.0 Å². The number of aromatic hydroxyl groups is 1. The highest BCUT2D eigenvalue weighted by molar-refractivity contribution is 7.79. The van der Waals surface area contributed by atoms with E-state index in [1.54, 1.807) is 18.2 Å². The van der Waals surface area contributed by atoms with Crippen molar-refractivity contribution in [3.8, 4) is 5.75 Å². The van der Waals surface area contributed by atoms with Gasteiger partial charge in [0.1, 0.15) is 5.75 Å². The van der Waals surface area contributed by atoms with Crippen molar-refractivity contribution in [1.82, 2.24) is 0 Å². The summed E-state index contributed by atoms with van der Waals surface area (Å²) in [6.45, 7) is 3.63. The Balaban J connectivity index is 3.17. The van der Waals surface area contributed by atoms with Gasteiger partial charge >= 0.3 is 0 Å². The molecule has 0 saturated carbocycles. The third-order valence-corrected chi connectivity index (χ3v) is 1.89. The molecule has 0 saturated heterocycles. The van der Waals surface area contributed by atoms with Crippen molar-refractivity contribution in [2.75, 3.05) is 0 Å². The second-order valence-corrected chi connectivity index (χ2v) is 2.70. The van der Waals surface area contributed by atoms with E-state index in [1.807, 2.05) is 6.07 Å². The van der Waals surface area contributed by atoms with Gasteiger partial charge in [0.2, 0.25) is 0 Å².